The summed E-state index contributed by atoms with van der Waals surface area (Å²) in [6, 6.07) is 13.4. The van der Waals surface area contributed by atoms with E-state index >= 15 is 0 Å². The van der Waals surface area contributed by atoms with Gasteiger partial charge in [0.25, 0.3) is 5.91 Å². The zero-order chi connectivity index (χ0) is 21.1. The summed E-state index contributed by atoms with van der Waals surface area (Å²) in [5.74, 6) is -0.573. The fourth-order valence-corrected chi connectivity index (χ4v) is 3.27. The number of nitrogens with zero attached hydrogens (tertiary/aromatic N) is 2. The number of amides is 2. The predicted molar refractivity (Wildman–Crippen MR) is 113 cm³/mol. The van der Waals surface area contributed by atoms with Gasteiger partial charge in [0.05, 0.1) is 6.54 Å². The Morgan fingerprint density at radius 1 is 0.966 bits per heavy atom. The van der Waals surface area contributed by atoms with Gasteiger partial charge in [0.1, 0.15) is 5.69 Å². The average molecular weight is 391 g/mol. The van der Waals surface area contributed by atoms with E-state index in [0.717, 1.165) is 33.5 Å². The quantitative estimate of drug-likeness (QED) is 0.704. The van der Waals surface area contributed by atoms with Crippen molar-refractivity contribution in [2.75, 3.05) is 18.9 Å². The number of likely N-dealkylation sites (N-methyl/N-ethyl adjacent to an activating group) is 1. The van der Waals surface area contributed by atoms with Crippen molar-refractivity contribution in [2.45, 2.75) is 27.7 Å². The smallest absolute Gasteiger partial charge is 0.292 e. The summed E-state index contributed by atoms with van der Waals surface area (Å²) in [4.78, 5) is 26.4. The van der Waals surface area contributed by atoms with Gasteiger partial charge in [-0.3, -0.25) is 9.59 Å². The minimum absolute atomic E-state index is 0.0911. The molecule has 150 valence electrons. The lowest BCUT2D eigenvalue weighted by molar-refractivity contribution is -0.116. The second-order valence-electron chi connectivity index (χ2n) is 7.43. The third-order valence-electron chi connectivity index (χ3n) is 4.74. The molecule has 3 rings (SSSR count). The molecule has 0 unspecified atom stereocenters. The lowest BCUT2D eigenvalue weighted by Crippen LogP contribution is -2.35. The lowest BCUT2D eigenvalue weighted by atomic mass is 10.1. The van der Waals surface area contributed by atoms with Crippen LogP contribution in [0, 0.1) is 27.7 Å². The highest BCUT2D eigenvalue weighted by atomic mass is 16.5. The van der Waals surface area contributed by atoms with E-state index in [1.807, 2.05) is 64.1 Å². The van der Waals surface area contributed by atoms with Gasteiger partial charge in [0.15, 0.2) is 0 Å². The van der Waals surface area contributed by atoms with Crippen LogP contribution >= 0.6 is 0 Å². The first kappa shape index (κ1) is 20.3. The van der Waals surface area contributed by atoms with Crippen molar-refractivity contribution in [3.63, 3.8) is 0 Å². The number of hydrogen-bond donors (Lipinski definition) is 1. The molecule has 2 amide bonds. The average Bonchev–Trinajstić information content (AvgIpc) is 3.14. The third kappa shape index (κ3) is 4.71. The van der Waals surface area contributed by atoms with E-state index < -0.39 is 5.91 Å². The number of anilines is 1. The van der Waals surface area contributed by atoms with E-state index in [0.29, 0.717) is 5.69 Å². The first-order valence-corrected chi connectivity index (χ1v) is 9.41. The summed E-state index contributed by atoms with van der Waals surface area (Å²) < 4.78 is 5.21. The Bertz CT molecular complexity index is 1030. The van der Waals surface area contributed by atoms with Crippen molar-refractivity contribution in [2.24, 2.45) is 0 Å². The highest BCUT2D eigenvalue weighted by Gasteiger charge is 2.20. The largest absolute Gasteiger partial charge is 0.350 e. The minimum atomic E-state index is -0.400. The predicted octanol–water partition coefficient (Wildman–Crippen LogP) is 4.29. The number of benzene rings is 2. The molecule has 0 bridgehead atoms. The van der Waals surface area contributed by atoms with Crippen molar-refractivity contribution >= 4 is 17.5 Å². The van der Waals surface area contributed by atoms with E-state index in [1.165, 1.54) is 4.90 Å². The molecule has 0 aliphatic heterocycles. The maximum Gasteiger partial charge on any atom is 0.292 e. The molecule has 0 radical (unpaired) electrons. The fraction of sp³-hybridized carbons (Fsp3) is 0.261. The highest BCUT2D eigenvalue weighted by molar-refractivity contribution is 5.99. The summed E-state index contributed by atoms with van der Waals surface area (Å²) >= 11 is 0. The van der Waals surface area contributed by atoms with Crippen LogP contribution in [-0.2, 0) is 4.79 Å². The molecule has 0 fully saturated rings. The van der Waals surface area contributed by atoms with Crippen molar-refractivity contribution in [3.8, 4) is 11.3 Å². The number of carbonyl (C=O) groups is 2. The molecule has 0 spiro atoms. The summed E-state index contributed by atoms with van der Waals surface area (Å²) in [5, 5.41) is 6.88. The van der Waals surface area contributed by atoms with Crippen LogP contribution in [0.25, 0.3) is 11.3 Å². The molecule has 3 aromatic rings. The monoisotopic (exact) mass is 391 g/mol. The van der Waals surface area contributed by atoms with E-state index in [9.17, 15) is 9.59 Å². The highest BCUT2D eigenvalue weighted by Crippen LogP contribution is 2.22. The van der Waals surface area contributed by atoms with E-state index in [4.69, 9.17) is 4.52 Å². The molecule has 0 saturated heterocycles. The third-order valence-corrected chi connectivity index (χ3v) is 4.74. The number of hydrogen-bond acceptors (Lipinski definition) is 4. The maximum atomic E-state index is 12.6. The number of aryl methyl sites for hydroxylation is 4. The van der Waals surface area contributed by atoms with Crippen LogP contribution < -0.4 is 5.32 Å². The zero-order valence-electron chi connectivity index (χ0n) is 17.4. The van der Waals surface area contributed by atoms with Gasteiger partial charge < -0.3 is 14.7 Å². The summed E-state index contributed by atoms with van der Waals surface area (Å²) in [7, 11) is 1.56. The van der Waals surface area contributed by atoms with Crippen LogP contribution in [0.2, 0.25) is 0 Å². The lowest BCUT2D eigenvalue weighted by Gasteiger charge is -2.17. The number of carbonyl (C=O) groups excluding carboxylic acids is 2. The molecular formula is C23H25N3O3. The number of rotatable bonds is 5. The molecule has 6 heteroatoms. The van der Waals surface area contributed by atoms with Crippen LogP contribution in [0.3, 0.4) is 0 Å². The van der Waals surface area contributed by atoms with E-state index in [1.54, 1.807) is 13.1 Å². The van der Waals surface area contributed by atoms with Gasteiger partial charge >= 0.3 is 0 Å². The van der Waals surface area contributed by atoms with Crippen LogP contribution in [0.5, 0.6) is 0 Å². The molecule has 1 heterocycles. The zero-order valence-corrected chi connectivity index (χ0v) is 17.4. The van der Waals surface area contributed by atoms with Gasteiger partial charge in [-0.25, -0.2) is 0 Å². The number of nitrogens with one attached hydrogen (secondary N) is 1. The molecular weight excluding hydrogens is 366 g/mol. The van der Waals surface area contributed by atoms with Crippen molar-refractivity contribution in [1.82, 2.24) is 10.1 Å². The Hall–Kier alpha value is -3.41. The standard InChI is InChI=1S/C23H25N3O3/c1-14-6-8-18(9-7-14)19-12-20(29-25-19)23(28)26(5)13-21(27)24-22-16(3)10-15(2)11-17(22)4/h6-12H,13H2,1-5H3,(H,24,27). The molecule has 0 aliphatic carbocycles. The Kier molecular flexibility index (Phi) is 5.82. The topological polar surface area (TPSA) is 75.4 Å². The Balaban J connectivity index is 1.66. The first-order chi connectivity index (χ1) is 13.7. The first-order valence-electron chi connectivity index (χ1n) is 9.41. The Morgan fingerprint density at radius 2 is 1.59 bits per heavy atom. The maximum absolute atomic E-state index is 12.6. The summed E-state index contributed by atoms with van der Waals surface area (Å²) in [6.45, 7) is 7.82. The normalized spacial score (nSPS) is 10.7. The fourth-order valence-electron chi connectivity index (χ4n) is 3.27. The molecule has 0 atom stereocenters. The van der Waals surface area contributed by atoms with Crippen LogP contribution in [-0.4, -0.2) is 35.5 Å². The van der Waals surface area contributed by atoms with Crippen molar-refractivity contribution in [3.05, 3.63) is 70.5 Å². The second-order valence-corrected chi connectivity index (χ2v) is 7.43. The molecule has 1 N–H and O–H groups in total. The Labute approximate surface area is 170 Å². The molecule has 29 heavy (non-hydrogen) atoms. The second kappa shape index (κ2) is 8.31. The van der Waals surface area contributed by atoms with E-state index in [-0.39, 0.29) is 18.2 Å². The van der Waals surface area contributed by atoms with Crippen molar-refractivity contribution in [1.29, 1.82) is 0 Å². The SMILES string of the molecule is Cc1ccc(-c2cc(C(=O)N(C)CC(=O)Nc3c(C)cc(C)cc3C)on2)cc1. The molecule has 2 aromatic carbocycles. The van der Waals surface area contributed by atoms with Gasteiger partial charge in [-0.05, 0) is 38.8 Å². The molecule has 1 aromatic heterocycles. The molecule has 6 nitrogen and oxygen atoms in total. The summed E-state index contributed by atoms with van der Waals surface area (Å²) in [5.41, 5.74) is 6.48. The van der Waals surface area contributed by atoms with Crippen molar-refractivity contribution < 1.29 is 14.1 Å². The number of aromatic nitrogens is 1. The van der Waals surface area contributed by atoms with Gasteiger partial charge in [-0.2, -0.15) is 0 Å². The van der Waals surface area contributed by atoms with Crippen LogP contribution in [0.15, 0.2) is 47.0 Å². The van der Waals surface area contributed by atoms with Gasteiger partial charge in [0.2, 0.25) is 11.7 Å². The summed E-state index contributed by atoms with van der Waals surface area (Å²) in [6.07, 6.45) is 0. The van der Waals surface area contributed by atoms with Gasteiger partial charge in [-0.1, -0.05) is 52.7 Å². The van der Waals surface area contributed by atoms with Gasteiger partial charge in [-0.15, -0.1) is 0 Å². The minimum Gasteiger partial charge on any atom is -0.350 e. The van der Waals surface area contributed by atoms with Crippen LogP contribution in [0.1, 0.15) is 32.8 Å². The molecule has 0 saturated carbocycles. The van der Waals surface area contributed by atoms with Crippen LogP contribution in [0.4, 0.5) is 5.69 Å². The van der Waals surface area contributed by atoms with Gasteiger partial charge in [0, 0.05) is 24.4 Å². The molecule has 0 aliphatic rings. The van der Waals surface area contributed by atoms with E-state index in [2.05, 4.69) is 10.5 Å². The Morgan fingerprint density at radius 3 is 2.21 bits per heavy atom.